The highest BCUT2D eigenvalue weighted by Gasteiger charge is 2.19. The van der Waals surface area contributed by atoms with Crippen LogP contribution < -0.4 is 9.59 Å². The number of hydrogen-bond donors (Lipinski definition) is 2. The Morgan fingerprint density at radius 2 is 0.576 bits per heavy atom. The van der Waals surface area contributed by atoms with Gasteiger partial charge in [0.15, 0.2) is 0 Å². The molecule has 2 N–H and O–H groups in total. The van der Waals surface area contributed by atoms with Crippen molar-refractivity contribution >= 4 is 9.05 Å². The van der Waals surface area contributed by atoms with Crippen molar-refractivity contribution in [2.75, 3.05) is 53.4 Å². The molecule has 0 aromatic heterocycles. The highest BCUT2D eigenvalue weighted by molar-refractivity contribution is 6.42. The summed E-state index contributed by atoms with van der Waals surface area (Å²) in [6.45, 7) is 22.1. The second-order valence-corrected chi connectivity index (χ2v) is 11.3. The zero-order chi connectivity index (χ0) is 26.2. The highest BCUT2D eigenvalue weighted by Crippen LogP contribution is 2.11. The molecule has 0 aliphatic carbocycles. The fourth-order valence-electron chi connectivity index (χ4n) is 3.91. The second-order valence-electron chi connectivity index (χ2n) is 10.3. The van der Waals surface area contributed by atoms with E-state index < -0.39 is 9.05 Å². The van der Waals surface area contributed by atoms with Crippen LogP contribution in [0, 0.1) is 0 Å². The van der Waals surface area contributed by atoms with Crippen molar-refractivity contribution in [1.29, 1.82) is 0 Å². The van der Waals surface area contributed by atoms with Gasteiger partial charge < -0.3 is 28.1 Å². The summed E-state index contributed by atoms with van der Waals surface area (Å²) >= 11 is 0. The number of quaternary nitrogens is 2. The fourth-order valence-corrected chi connectivity index (χ4v) is 3.91. The minimum Gasteiger partial charge on any atom is -0.828 e. The Morgan fingerprint density at radius 1 is 0.455 bits per heavy atom. The molecule has 0 rings (SSSR count). The van der Waals surface area contributed by atoms with Gasteiger partial charge >= 0.3 is 0 Å². The highest BCUT2D eigenvalue weighted by atomic mass is 28.4. The van der Waals surface area contributed by atoms with Gasteiger partial charge in [0.1, 0.15) is 9.05 Å². The van der Waals surface area contributed by atoms with Gasteiger partial charge in [0.05, 0.1) is 53.4 Å². The van der Waals surface area contributed by atoms with Gasteiger partial charge in [-0.3, -0.25) is 0 Å². The summed E-state index contributed by atoms with van der Waals surface area (Å²) in [6, 6.07) is 0. The lowest BCUT2D eigenvalue weighted by atomic mass is 10.2. The van der Waals surface area contributed by atoms with E-state index in [9.17, 15) is 0 Å². The van der Waals surface area contributed by atoms with Gasteiger partial charge in [0.25, 0.3) is 0 Å². The lowest BCUT2D eigenvalue weighted by molar-refractivity contribution is -0.910. The normalized spacial score (nSPS) is 12.0. The minimum absolute atomic E-state index is 1.32. The zero-order valence-corrected chi connectivity index (χ0v) is 24.8. The molecule has 7 heteroatoms. The summed E-state index contributed by atoms with van der Waals surface area (Å²) < 4.78 is 2.63. The molecule has 0 aliphatic heterocycles. The average molecular weight is 495 g/mol. The van der Waals surface area contributed by atoms with E-state index in [2.05, 4.69) is 55.6 Å². The van der Waals surface area contributed by atoms with Gasteiger partial charge in [0.2, 0.25) is 0 Å². The Kier molecular flexibility index (Phi) is 27.0. The first-order chi connectivity index (χ1) is 15.4. The van der Waals surface area contributed by atoms with Gasteiger partial charge in [-0.15, -0.1) is 0 Å². The molecule has 0 bridgehead atoms. The number of unbranched alkanes of at least 4 members (excludes halogenated alkanes) is 6. The van der Waals surface area contributed by atoms with Crippen molar-refractivity contribution in [2.24, 2.45) is 0 Å². The van der Waals surface area contributed by atoms with E-state index in [-0.39, 0.29) is 0 Å². The Balaban J connectivity index is -0.000000453. The van der Waals surface area contributed by atoms with Crippen molar-refractivity contribution in [3.8, 4) is 0 Å². The SMILES string of the molecule is CCCC[N+](C)(CCCC)CCCC.CCCC[N+](C)(CCCC)CCCC.[O-][Si]([O-])(O)O. The predicted octanol–water partition coefficient (Wildman–Crippen LogP) is 3.79. The summed E-state index contributed by atoms with van der Waals surface area (Å²) in [6.07, 6.45) is 16.4. The van der Waals surface area contributed by atoms with E-state index in [0.29, 0.717) is 0 Å². The van der Waals surface area contributed by atoms with Crippen molar-refractivity contribution in [3.05, 3.63) is 0 Å². The summed E-state index contributed by atoms with van der Waals surface area (Å²) in [5, 5.41) is 0. The van der Waals surface area contributed by atoms with Gasteiger partial charge in [-0.05, 0) is 38.5 Å². The maximum absolute atomic E-state index is 8.80. The number of nitrogens with zero attached hydrogens (tertiary/aromatic N) is 2. The van der Waals surface area contributed by atoms with Crippen LogP contribution in [0.4, 0.5) is 0 Å². The molecule has 0 amide bonds. The topological polar surface area (TPSA) is 86.6 Å². The second kappa shape index (κ2) is 23.7. The molecule has 0 atom stereocenters. The molecule has 0 fully saturated rings. The van der Waals surface area contributed by atoms with Crippen molar-refractivity contribution in [2.45, 2.75) is 119 Å². The van der Waals surface area contributed by atoms with E-state index >= 15 is 0 Å². The van der Waals surface area contributed by atoms with Gasteiger partial charge in [0, 0.05) is 0 Å². The maximum atomic E-state index is 8.80. The maximum Gasteiger partial charge on any atom is 0.140 e. The summed E-state index contributed by atoms with van der Waals surface area (Å²) in [7, 11) is -0.220. The minimum atomic E-state index is -5.11. The molecule has 0 aromatic rings. The molecular weight excluding hydrogens is 432 g/mol. The third-order valence-electron chi connectivity index (χ3n) is 6.31. The smallest absolute Gasteiger partial charge is 0.140 e. The first kappa shape index (κ1) is 37.5. The summed E-state index contributed by atoms with van der Waals surface area (Å²) in [5.41, 5.74) is 0. The fraction of sp³-hybridized carbons (Fsp3) is 1.00. The zero-order valence-electron chi connectivity index (χ0n) is 23.8. The van der Waals surface area contributed by atoms with Gasteiger partial charge in [-0.2, -0.15) is 0 Å². The van der Waals surface area contributed by atoms with Crippen LogP contribution in [0.1, 0.15) is 119 Å². The van der Waals surface area contributed by atoms with Crippen LogP contribution in [-0.4, -0.2) is 81.0 Å². The molecule has 0 saturated carbocycles. The van der Waals surface area contributed by atoms with Crippen LogP contribution in [-0.2, 0) is 0 Å². The number of hydrogen-bond acceptors (Lipinski definition) is 4. The van der Waals surface area contributed by atoms with Crippen LogP contribution >= 0.6 is 0 Å². The van der Waals surface area contributed by atoms with Crippen molar-refractivity contribution in [1.82, 2.24) is 0 Å². The van der Waals surface area contributed by atoms with E-state index in [4.69, 9.17) is 19.2 Å². The predicted molar refractivity (Wildman–Crippen MR) is 141 cm³/mol. The van der Waals surface area contributed by atoms with Crippen LogP contribution in [0.5, 0.6) is 0 Å². The van der Waals surface area contributed by atoms with Gasteiger partial charge in [-0.25, -0.2) is 0 Å². The molecule has 0 saturated heterocycles. The lowest BCUT2D eigenvalue weighted by Gasteiger charge is -2.34. The molecule has 0 heterocycles. The Morgan fingerprint density at radius 3 is 0.667 bits per heavy atom. The molecule has 33 heavy (non-hydrogen) atoms. The van der Waals surface area contributed by atoms with Crippen LogP contribution in [0.3, 0.4) is 0 Å². The molecule has 204 valence electrons. The molecule has 0 unspecified atom stereocenters. The Labute approximate surface area is 209 Å². The van der Waals surface area contributed by atoms with E-state index in [1.54, 1.807) is 0 Å². The van der Waals surface area contributed by atoms with Crippen LogP contribution in [0.15, 0.2) is 0 Å². The monoisotopic (exact) mass is 494 g/mol. The van der Waals surface area contributed by atoms with E-state index in [0.717, 1.165) is 0 Å². The standard InChI is InChI=1S/2C13H30N.H2O4Si/c2*1-5-8-11-14(4,12-9-6-2)13-10-7-3;1-5(2,3)4/h2*5-13H2,1-4H3;1-2H/q2*+1;-2. The first-order valence-corrected chi connectivity index (χ1v) is 15.6. The first-order valence-electron chi connectivity index (χ1n) is 13.9. The molecule has 0 aliphatic rings. The molecular formula is C26H62N2O4Si. The van der Waals surface area contributed by atoms with E-state index in [1.165, 1.54) is 125 Å². The quantitative estimate of drug-likeness (QED) is 0.224. The summed E-state index contributed by atoms with van der Waals surface area (Å²) in [5.74, 6) is 0. The van der Waals surface area contributed by atoms with Crippen LogP contribution in [0.25, 0.3) is 0 Å². The van der Waals surface area contributed by atoms with Crippen LogP contribution in [0.2, 0.25) is 0 Å². The largest absolute Gasteiger partial charge is 0.828 e. The van der Waals surface area contributed by atoms with Gasteiger partial charge in [-0.1, -0.05) is 80.1 Å². The Bertz CT molecular complexity index is 313. The van der Waals surface area contributed by atoms with E-state index in [1.807, 2.05) is 0 Å². The molecule has 0 aromatic carbocycles. The molecule has 0 radical (unpaired) electrons. The Hall–Kier alpha value is -0.0231. The third kappa shape index (κ3) is 32.0. The van der Waals surface area contributed by atoms with Crippen molar-refractivity contribution in [3.63, 3.8) is 0 Å². The molecule has 0 spiro atoms. The third-order valence-corrected chi connectivity index (χ3v) is 6.31. The molecule has 6 nitrogen and oxygen atoms in total. The van der Waals surface area contributed by atoms with Crippen molar-refractivity contribution < 1.29 is 28.1 Å². The number of rotatable bonds is 18. The lowest BCUT2D eigenvalue weighted by Crippen LogP contribution is -2.63. The average Bonchev–Trinajstić information content (AvgIpc) is 2.75. The summed E-state index contributed by atoms with van der Waals surface area (Å²) in [4.78, 5) is 31.8.